The first-order valence-corrected chi connectivity index (χ1v) is 10.9. The first-order chi connectivity index (χ1) is 13.5. The van der Waals surface area contributed by atoms with Gasteiger partial charge in [-0.3, -0.25) is 9.59 Å². The fourth-order valence-corrected chi connectivity index (χ4v) is 4.53. The summed E-state index contributed by atoms with van der Waals surface area (Å²) in [6.45, 7) is 4.57. The van der Waals surface area contributed by atoms with Gasteiger partial charge >= 0.3 is 0 Å². The second kappa shape index (κ2) is 9.83. The zero-order valence-corrected chi connectivity index (χ0v) is 17.2. The van der Waals surface area contributed by atoms with Gasteiger partial charge in [0.2, 0.25) is 16.9 Å². The molecular formula is C18H22FN5O2S2. The van der Waals surface area contributed by atoms with E-state index in [0.29, 0.717) is 31.3 Å². The molecular weight excluding hydrogens is 401 g/mol. The number of anilines is 2. The van der Waals surface area contributed by atoms with Crippen molar-refractivity contribution in [2.24, 2.45) is 0 Å². The van der Waals surface area contributed by atoms with Crippen molar-refractivity contribution in [3.8, 4) is 0 Å². The summed E-state index contributed by atoms with van der Waals surface area (Å²) in [5, 5.41) is 11.1. The number of amides is 2. The fraction of sp³-hybridized carbons (Fsp3) is 0.444. The molecule has 28 heavy (non-hydrogen) atoms. The van der Waals surface area contributed by atoms with Crippen LogP contribution in [0.15, 0.2) is 28.6 Å². The molecule has 2 aromatic rings. The zero-order chi connectivity index (χ0) is 19.9. The van der Waals surface area contributed by atoms with E-state index >= 15 is 0 Å². The number of halogens is 1. The van der Waals surface area contributed by atoms with E-state index in [4.69, 9.17) is 0 Å². The van der Waals surface area contributed by atoms with Crippen molar-refractivity contribution in [1.29, 1.82) is 0 Å². The number of carbonyl (C=O) groups excluding carboxylic acids is 2. The molecule has 0 saturated carbocycles. The van der Waals surface area contributed by atoms with Gasteiger partial charge < -0.3 is 15.1 Å². The van der Waals surface area contributed by atoms with Crippen LogP contribution < -0.4 is 10.2 Å². The summed E-state index contributed by atoms with van der Waals surface area (Å²) in [7, 11) is 0. The molecule has 1 N–H and O–H groups in total. The number of hydrogen-bond acceptors (Lipinski definition) is 7. The highest BCUT2D eigenvalue weighted by molar-refractivity contribution is 8.01. The molecule has 0 radical (unpaired) electrons. The van der Waals surface area contributed by atoms with Gasteiger partial charge in [0.15, 0.2) is 4.34 Å². The average molecular weight is 424 g/mol. The molecule has 3 rings (SSSR count). The SMILES string of the molecule is CCSc1nnc(NC(=O)CCC(=O)N2CCN(c3ccc(F)cc3)CC2)s1. The predicted molar refractivity (Wildman–Crippen MR) is 109 cm³/mol. The third-order valence-electron chi connectivity index (χ3n) is 4.31. The van der Waals surface area contributed by atoms with Gasteiger partial charge in [0.1, 0.15) is 5.82 Å². The molecule has 150 valence electrons. The Bertz CT molecular complexity index is 807. The fourth-order valence-electron chi connectivity index (χ4n) is 2.87. The minimum atomic E-state index is -0.260. The lowest BCUT2D eigenvalue weighted by molar-refractivity contribution is -0.133. The summed E-state index contributed by atoms with van der Waals surface area (Å²) < 4.78 is 13.8. The van der Waals surface area contributed by atoms with Gasteiger partial charge in [0.25, 0.3) is 0 Å². The number of piperazine rings is 1. The van der Waals surface area contributed by atoms with E-state index in [1.807, 2.05) is 6.92 Å². The van der Waals surface area contributed by atoms with Crippen LogP contribution in [0, 0.1) is 5.82 Å². The molecule has 1 aromatic heterocycles. The Morgan fingerprint density at radius 2 is 1.86 bits per heavy atom. The standard InChI is InChI=1S/C18H22FN5O2S2/c1-2-27-18-22-21-17(28-18)20-15(25)7-8-16(26)24-11-9-23(10-12-24)14-5-3-13(19)4-6-14/h3-6H,2,7-12H2,1H3,(H,20,21,25). The Labute approximate surface area is 171 Å². The van der Waals surface area contributed by atoms with Crippen molar-refractivity contribution in [1.82, 2.24) is 15.1 Å². The van der Waals surface area contributed by atoms with Crippen LogP contribution >= 0.6 is 23.1 Å². The highest BCUT2D eigenvalue weighted by Crippen LogP contribution is 2.25. The van der Waals surface area contributed by atoms with E-state index < -0.39 is 0 Å². The van der Waals surface area contributed by atoms with Crippen LogP contribution in [0.4, 0.5) is 15.2 Å². The Kier molecular flexibility index (Phi) is 7.21. The minimum absolute atomic E-state index is 0.0339. The molecule has 1 aromatic carbocycles. The number of rotatable bonds is 7. The number of carbonyl (C=O) groups is 2. The van der Waals surface area contributed by atoms with Gasteiger partial charge in [-0.2, -0.15) is 0 Å². The number of hydrogen-bond donors (Lipinski definition) is 1. The Morgan fingerprint density at radius 3 is 2.54 bits per heavy atom. The monoisotopic (exact) mass is 423 g/mol. The highest BCUT2D eigenvalue weighted by Gasteiger charge is 2.22. The molecule has 0 aliphatic carbocycles. The quantitative estimate of drug-likeness (QED) is 0.545. The number of benzene rings is 1. The molecule has 2 amide bonds. The molecule has 0 atom stereocenters. The third-order valence-corrected chi connectivity index (χ3v) is 6.16. The van der Waals surface area contributed by atoms with E-state index in [-0.39, 0.29) is 30.5 Å². The van der Waals surface area contributed by atoms with Gasteiger partial charge in [0.05, 0.1) is 0 Å². The molecule has 1 aliphatic rings. The van der Waals surface area contributed by atoms with Crippen LogP contribution in [0.1, 0.15) is 19.8 Å². The van der Waals surface area contributed by atoms with Crippen molar-refractivity contribution >= 4 is 45.7 Å². The van der Waals surface area contributed by atoms with E-state index in [1.165, 1.54) is 23.5 Å². The lowest BCUT2D eigenvalue weighted by Gasteiger charge is -2.36. The van der Waals surface area contributed by atoms with Gasteiger partial charge in [-0.25, -0.2) is 4.39 Å². The second-order valence-electron chi connectivity index (χ2n) is 6.20. The smallest absolute Gasteiger partial charge is 0.226 e. The van der Waals surface area contributed by atoms with Gasteiger partial charge in [-0.1, -0.05) is 30.0 Å². The van der Waals surface area contributed by atoms with Crippen molar-refractivity contribution in [2.75, 3.05) is 42.1 Å². The third kappa shape index (κ3) is 5.65. The molecule has 1 saturated heterocycles. The number of nitrogens with zero attached hydrogens (tertiary/aromatic N) is 4. The molecule has 2 heterocycles. The van der Waals surface area contributed by atoms with Crippen molar-refractivity contribution in [3.63, 3.8) is 0 Å². The maximum atomic E-state index is 13.0. The molecule has 0 spiro atoms. The average Bonchev–Trinajstić information content (AvgIpc) is 3.14. The van der Waals surface area contributed by atoms with Crippen LogP contribution in [0.25, 0.3) is 0 Å². The summed E-state index contributed by atoms with van der Waals surface area (Å²) in [5.74, 6) is 0.367. The minimum Gasteiger partial charge on any atom is -0.368 e. The van der Waals surface area contributed by atoms with Crippen LogP contribution in [0.5, 0.6) is 0 Å². The van der Waals surface area contributed by atoms with Gasteiger partial charge in [-0.15, -0.1) is 10.2 Å². The lowest BCUT2D eigenvalue weighted by Crippen LogP contribution is -2.48. The normalized spacial score (nSPS) is 14.2. The predicted octanol–water partition coefficient (Wildman–Crippen LogP) is 2.86. The molecule has 0 unspecified atom stereocenters. The van der Waals surface area contributed by atoms with Crippen molar-refractivity contribution in [3.05, 3.63) is 30.1 Å². The van der Waals surface area contributed by atoms with E-state index in [9.17, 15) is 14.0 Å². The maximum absolute atomic E-state index is 13.0. The maximum Gasteiger partial charge on any atom is 0.226 e. The molecule has 0 bridgehead atoms. The Balaban J connectivity index is 1.40. The highest BCUT2D eigenvalue weighted by atomic mass is 32.2. The first kappa shape index (κ1) is 20.5. The largest absolute Gasteiger partial charge is 0.368 e. The van der Waals surface area contributed by atoms with Crippen molar-refractivity contribution < 1.29 is 14.0 Å². The Hall–Kier alpha value is -2.20. The van der Waals surface area contributed by atoms with Crippen LogP contribution in [0.3, 0.4) is 0 Å². The molecule has 10 heteroatoms. The second-order valence-corrected chi connectivity index (χ2v) is 8.69. The Morgan fingerprint density at radius 1 is 1.14 bits per heavy atom. The summed E-state index contributed by atoms with van der Waals surface area (Å²) in [6, 6.07) is 6.37. The summed E-state index contributed by atoms with van der Waals surface area (Å²) in [4.78, 5) is 28.3. The molecule has 1 aliphatic heterocycles. The summed E-state index contributed by atoms with van der Waals surface area (Å²) >= 11 is 2.90. The van der Waals surface area contributed by atoms with Crippen molar-refractivity contribution in [2.45, 2.75) is 24.1 Å². The van der Waals surface area contributed by atoms with E-state index in [0.717, 1.165) is 15.8 Å². The van der Waals surface area contributed by atoms with Crippen LogP contribution in [-0.4, -0.2) is 58.8 Å². The number of aromatic nitrogens is 2. The lowest BCUT2D eigenvalue weighted by atomic mass is 10.2. The van der Waals surface area contributed by atoms with E-state index in [2.05, 4.69) is 20.4 Å². The zero-order valence-electron chi connectivity index (χ0n) is 15.6. The van der Waals surface area contributed by atoms with Gasteiger partial charge in [-0.05, 0) is 30.0 Å². The van der Waals surface area contributed by atoms with Crippen LogP contribution in [-0.2, 0) is 9.59 Å². The molecule has 1 fully saturated rings. The topological polar surface area (TPSA) is 78.4 Å². The number of thioether (sulfide) groups is 1. The number of nitrogens with one attached hydrogen (secondary N) is 1. The van der Waals surface area contributed by atoms with Gasteiger partial charge in [0, 0.05) is 44.7 Å². The summed E-state index contributed by atoms with van der Waals surface area (Å²) in [6.07, 6.45) is 0.282. The van der Waals surface area contributed by atoms with Crippen LogP contribution in [0.2, 0.25) is 0 Å². The van der Waals surface area contributed by atoms with E-state index in [1.54, 1.807) is 28.8 Å². The first-order valence-electron chi connectivity index (χ1n) is 9.09. The molecule has 7 nitrogen and oxygen atoms in total. The summed E-state index contributed by atoms with van der Waals surface area (Å²) in [5.41, 5.74) is 0.950.